The Balaban J connectivity index is 2.01. The molecule has 28 heavy (non-hydrogen) atoms. The third-order valence-electron chi connectivity index (χ3n) is 4.15. The molecular formula is C20H15ClF3O4-. The van der Waals surface area contributed by atoms with Gasteiger partial charge in [0.05, 0.1) is 11.0 Å². The third kappa shape index (κ3) is 4.09. The van der Waals surface area contributed by atoms with Crippen molar-refractivity contribution in [3.8, 4) is 17.2 Å². The normalized spacial score (nSPS) is 16.0. The highest BCUT2D eigenvalue weighted by Crippen LogP contribution is 2.42. The molecule has 0 aromatic heterocycles. The van der Waals surface area contributed by atoms with Crippen LogP contribution in [0.1, 0.15) is 24.5 Å². The first-order valence-electron chi connectivity index (χ1n) is 8.46. The SMILES string of the molecule is CCCc1ccccc1Oc1cc2c(cc1Cl)C=C(C(=O)[O-])C(C(F)(F)F)O2. The largest absolute Gasteiger partial charge is 0.545 e. The minimum Gasteiger partial charge on any atom is -0.545 e. The summed E-state index contributed by atoms with van der Waals surface area (Å²) in [6, 6.07) is 9.76. The molecule has 2 aromatic carbocycles. The zero-order chi connectivity index (χ0) is 20.5. The predicted octanol–water partition coefficient (Wildman–Crippen LogP) is 4.54. The number of hydrogen-bond donors (Lipinski definition) is 0. The second-order valence-corrected chi connectivity index (χ2v) is 6.61. The Morgan fingerprint density at radius 3 is 2.61 bits per heavy atom. The van der Waals surface area contributed by atoms with Crippen molar-refractivity contribution >= 4 is 23.6 Å². The molecule has 0 N–H and O–H groups in total. The van der Waals surface area contributed by atoms with Gasteiger partial charge < -0.3 is 19.4 Å². The number of carboxylic acid groups (broad SMARTS) is 1. The summed E-state index contributed by atoms with van der Waals surface area (Å²) in [4.78, 5) is 11.1. The summed E-state index contributed by atoms with van der Waals surface area (Å²) in [5.74, 6) is -1.51. The van der Waals surface area contributed by atoms with E-state index in [0.29, 0.717) is 5.75 Å². The van der Waals surface area contributed by atoms with E-state index in [1.165, 1.54) is 12.1 Å². The van der Waals surface area contributed by atoms with Crippen LogP contribution in [0.15, 0.2) is 42.0 Å². The number of carboxylic acids is 1. The van der Waals surface area contributed by atoms with E-state index in [1.807, 2.05) is 19.1 Å². The van der Waals surface area contributed by atoms with Gasteiger partial charge in [-0.05, 0) is 30.2 Å². The molecule has 0 amide bonds. The maximum atomic E-state index is 13.2. The molecule has 1 unspecified atom stereocenters. The predicted molar refractivity (Wildman–Crippen MR) is 95.4 cm³/mol. The highest BCUT2D eigenvalue weighted by molar-refractivity contribution is 6.32. The molecule has 4 nitrogen and oxygen atoms in total. The third-order valence-corrected chi connectivity index (χ3v) is 4.44. The van der Waals surface area contributed by atoms with Crippen LogP contribution < -0.4 is 14.6 Å². The number of hydrogen-bond acceptors (Lipinski definition) is 4. The van der Waals surface area contributed by atoms with Crippen molar-refractivity contribution in [3.63, 3.8) is 0 Å². The Hall–Kier alpha value is -2.67. The van der Waals surface area contributed by atoms with Crippen molar-refractivity contribution < 1.29 is 32.5 Å². The van der Waals surface area contributed by atoms with Gasteiger partial charge in [-0.15, -0.1) is 0 Å². The van der Waals surface area contributed by atoms with Crippen LogP contribution in [0.5, 0.6) is 17.2 Å². The first kappa shape index (κ1) is 20.1. The summed E-state index contributed by atoms with van der Waals surface area (Å²) in [6.07, 6.45) is -5.06. The Labute approximate surface area is 164 Å². The molecule has 0 spiro atoms. The van der Waals surface area contributed by atoms with Gasteiger partial charge in [-0.1, -0.05) is 43.1 Å². The molecule has 8 heteroatoms. The second-order valence-electron chi connectivity index (χ2n) is 6.21. The smallest absolute Gasteiger partial charge is 0.429 e. The summed E-state index contributed by atoms with van der Waals surface area (Å²) >= 11 is 6.20. The number of benzene rings is 2. The lowest BCUT2D eigenvalue weighted by atomic mass is 10.0. The molecule has 1 heterocycles. The first-order valence-corrected chi connectivity index (χ1v) is 8.84. The molecule has 0 bridgehead atoms. The average Bonchev–Trinajstić information content (AvgIpc) is 2.62. The van der Waals surface area contributed by atoms with Crippen LogP contribution >= 0.6 is 11.6 Å². The lowest BCUT2D eigenvalue weighted by Crippen LogP contribution is -2.44. The molecule has 148 valence electrons. The fourth-order valence-corrected chi connectivity index (χ4v) is 3.09. The first-order chi connectivity index (χ1) is 13.2. The van der Waals surface area contributed by atoms with Gasteiger partial charge in [0.1, 0.15) is 17.2 Å². The number of carbonyl (C=O) groups is 1. The van der Waals surface area contributed by atoms with Crippen molar-refractivity contribution in [3.05, 3.63) is 58.1 Å². The number of aryl methyl sites for hydroxylation is 1. The number of ether oxygens (including phenoxy) is 2. The molecule has 0 fully saturated rings. The van der Waals surface area contributed by atoms with E-state index in [-0.39, 0.29) is 22.1 Å². The number of alkyl halides is 3. The Bertz CT molecular complexity index is 938. The molecule has 3 rings (SSSR count). The Morgan fingerprint density at radius 2 is 1.96 bits per heavy atom. The van der Waals surface area contributed by atoms with Gasteiger partial charge in [-0.2, -0.15) is 13.2 Å². The lowest BCUT2D eigenvalue weighted by molar-refractivity contribution is -0.302. The van der Waals surface area contributed by atoms with Crippen LogP contribution in [0.3, 0.4) is 0 Å². The topological polar surface area (TPSA) is 58.6 Å². The quantitative estimate of drug-likeness (QED) is 0.724. The number of carbonyl (C=O) groups excluding carboxylic acids is 1. The second kappa shape index (κ2) is 7.75. The molecular weight excluding hydrogens is 397 g/mol. The molecule has 0 radical (unpaired) electrons. The summed E-state index contributed by atoms with van der Waals surface area (Å²) < 4.78 is 50.3. The highest BCUT2D eigenvalue weighted by Gasteiger charge is 2.46. The minimum absolute atomic E-state index is 0.0962. The fraction of sp³-hybridized carbons (Fsp3) is 0.250. The van der Waals surface area contributed by atoms with Crippen LogP contribution in [0.25, 0.3) is 6.08 Å². The van der Waals surface area contributed by atoms with E-state index in [2.05, 4.69) is 0 Å². The number of rotatable bonds is 5. The van der Waals surface area contributed by atoms with Crippen LogP contribution in [0, 0.1) is 0 Å². The van der Waals surface area contributed by atoms with E-state index in [9.17, 15) is 23.1 Å². The maximum absolute atomic E-state index is 13.2. The van der Waals surface area contributed by atoms with Gasteiger partial charge in [-0.3, -0.25) is 0 Å². The summed E-state index contributed by atoms with van der Waals surface area (Å²) in [7, 11) is 0. The van der Waals surface area contributed by atoms with Gasteiger partial charge >= 0.3 is 6.18 Å². The summed E-state index contributed by atoms with van der Waals surface area (Å²) in [6.45, 7) is 2.01. The molecule has 1 atom stereocenters. The van der Waals surface area contributed by atoms with Crippen molar-refractivity contribution in [1.82, 2.24) is 0 Å². The Kier molecular flexibility index (Phi) is 5.56. The van der Waals surface area contributed by atoms with Crippen molar-refractivity contribution in [2.45, 2.75) is 32.0 Å². The lowest BCUT2D eigenvalue weighted by Gasteiger charge is -2.29. The zero-order valence-electron chi connectivity index (χ0n) is 14.7. The van der Waals surface area contributed by atoms with Crippen LogP contribution in [0.4, 0.5) is 13.2 Å². The van der Waals surface area contributed by atoms with Crippen LogP contribution in [-0.4, -0.2) is 18.2 Å². The Morgan fingerprint density at radius 1 is 1.25 bits per heavy atom. The molecule has 2 aromatic rings. The fourth-order valence-electron chi connectivity index (χ4n) is 2.88. The number of aliphatic carboxylic acids is 1. The zero-order valence-corrected chi connectivity index (χ0v) is 15.4. The maximum Gasteiger partial charge on any atom is 0.429 e. The highest BCUT2D eigenvalue weighted by atomic mass is 35.5. The average molecular weight is 412 g/mol. The van der Waals surface area contributed by atoms with Crippen molar-refractivity contribution in [2.75, 3.05) is 0 Å². The molecule has 1 aliphatic rings. The van der Waals surface area contributed by atoms with E-state index in [0.717, 1.165) is 24.5 Å². The summed E-state index contributed by atoms with van der Waals surface area (Å²) in [5.41, 5.74) is 0.00364. The van der Waals surface area contributed by atoms with Gasteiger partial charge in [0, 0.05) is 17.2 Å². The standard InChI is InChI=1S/C20H16ClF3O4/c1-2-5-11-6-3-4-7-15(11)27-17-10-16-12(9-14(17)21)8-13(19(25)26)18(28-16)20(22,23)24/h3-4,6-10,18H,2,5H2,1H3,(H,25,26)/p-1. The van der Waals surface area contributed by atoms with Gasteiger partial charge in [0.15, 0.2) is 0 Å². The van der Waals surface area contributed by atoms with Crippen molar-refractivity contribution in [1.29, 1.82) is 0 Å². The molecule has 0 saturated heterocycles. The van der Waals surface area contributed by atoms with Gasteiger partial charge in [0.2, 0.25) is 6.10 Å². The minimum atomic E-state index is -4.92. The van der Waals surface area contributed by atoms with Gasteiger partial charge in [-0.25, -0.2) is 0 Å². The molecule has 0 aliphatic carbocycles. The number of para-hydroxylation sites is 1. The van der Waals surface area contributed by atoms with E-state index in [1.54, 1.807) is 12.1 Å². The number of halogens is 4. The van der Waals surface area contributed by atoms with Crippen molar-refractivity contribution in [2.24, 2.45) is 0 Å². The van der Waals surface area contributed by atoms with Crippen LogP contribution in [-0.2, 0) is 11.2 Å². The summed E-state index contributed by atoms with van der Waals surface area (Å²) in [5, 5.41) is 11.2. The molecule has 0 saturated carbocycles. The molecule has 1 aliphatic heterocycles. The van der Waals surface area contributed by atoms with E-state index < -0.39 is 23.8 Å². The van der Waals surface area contributed by atoms with Gasteiger partial charge in [0.25, 0.3) is 0 Å². The van der Waals surface area contributed by atoms with E-state index >= 15 is 0 Å². The number of fused-ring (bicyclic) bond motifs is 1. The van der Waals surface area contributed by atoms with E-state index in [4.69, 9.17) is 21.1 Å². The van der Waals surface area contributed by atoms with Crippen LogP contribution in [0.2, 0.25) is 5.02 Å². The monoisotopic (exact) mass is 411 g/mol.